The van der Waals surface area contributed by atoms with Crippen LogP contribution in [0, 0.1) is 0 Å². The minimum atomic E-state index is 0.260. The van der Waals surface area contributed by atoms with E-state index in [2.05, 4.69) is 51.6 Å². The maximum Gasteiger partial charge on any atom is -0.0132 e. The van der Waals surface area contributed by atoms with E-state index in [1.807, 2.05) is 0 Å². The Morgan fingerprint density at radius 3 is 2.28 bits per heavy atom. The predicted octanol–water partition coefficient (Wildman–Crippen LogP) is 5.59. The molecule has 1 aromatic rings. The first kappa shape index (κ1) is 13.4. The SMILES string of the molecule is C=C1CCC[C@@H](c2ccc(C(C)(C)C)cc2)CC1. The quantitative estimate of drug-likeness (QED) is 0.445. The molecular formula is C18H26. The molecule has 1 aromatic carbocycles. The molecule has 0 amide bonds. The maximum atomic E-state index is 4.15. The van der Waals surface area contributed by atoms with E-state index in [9.17, 15) is 0 Å². The van der Waals surface area contributed by atoms with Crippen molar-refractivity contribution in [1.82, 2.24) is 0 Å². The summed E-state index contributed by atoms with van der Waals surface area (Å²) in [4.78, 5) is 0. The monoisotopic (exact) mass is 242 g/mol. The van der Waals surface area contributed by atoms with E-state index in [4.69, 9.17) is 0 Å². The van der Waals surface area contributed by atoms with E-state index in [-0.39, 0.29) is 5.41 Å². The molecule has 0 heteroatoms. The Balaban J connectivity index is 2.11. The molecule has 98 valence electrons. The third kappa shape index (κ3) is 3.25. The summed E-state index contributed by atoms with van der Waals surface area (Å²) in [5.74, 6) is 0.748. The highest BCUT2D eigenvalue weighted by Crippen LogP contribution is 2.34. The molecule has 1 fully saturated rings. The zero-order chi connectivity index (χ0) is 13.2. The Hall–Kier alpha value is -1.04. The zero-order valence-electron chi connectivity index (χ0n) is 12.1. The first-order valence-corrected chi connectivity index (χ1v) is 7.24. The number of hydrogen-bond donors (Lipinski definition) is 0. The van der Waals surface area contributed by atoms with Crippen LogP contribution in [0.3, 0.4) is 0 Å². The molecule has 1 aliphatic rings. The van der Waals surface area contributed by atoms with Crippen LogP contribution in [0.15, 0.2) is 36.4 Å². The number of rotatable bonds is 1. The Bertz CT molecular complexity index is 403. The van der Waals surface area contributed by atoms with Crippen molar-refractivity contribution in [3.05, 3.63) is 47.5 Å². The highest BCUT2D eigenvalue weighted by molar-refractivity contribution is 5.29. The molecule has 0 saturated heterocycles. The normalized spacial score (nSPS) is 21.7. The van der Waals surface area contributed by atoms with Crippen LogP contribution < -0.4 is 0 Å². The van der Waals surface area contributed by atoms with Gasteiger partial charge in [0.2, 0.25) is 0 Å². The van der Waals surface area contributed by atoms with Gasteiger partial charge in [-0.3, -0.25) is 0 Å². The van der Waals surface area contributed by atoms with Crippen molar-refractivity contribution in [3.8, 4) is 0 Å². The Labute approximate surface area is 112 Å². The molecule has 0 aromatic heterocycles. The lowest BCUT2D eigenvalue weighted by molar-refractivity contribution is 0.581. The first-order chi connectivity index (χ1) is 8.47. The summed E-state index contributed by atoms with van der Waals surface area (Å²) >= 11 is 0. The molecule has 1 saturated carbocycles. The lowest BCUT2D eigenvalue weighted by Crippen LogP contribution is -2.11. The third-order valence-electron chi connectivity index (χ3n) is 4.18. The van der Waals surface area contributed by atoms with Crippen LogP contribution in [0.1, 0.15) is 69.9 Å². The fourth-order valence-corrected chi connectivity index (χ4v) is 2.83. The summed E-state index contributed by atoms with van der Waals surface area (Å²) in [5, 5.41) is 0. The van der Waals surface area contributed by atoms with Gasteiger partial charge in [-0.1, -0.05) is 57.2 Å². The van der Waals surface area contributed by atoms with Crippen molar-refractivity contribution in [2.45, 2.75) is 64.2 Å². The smallest absolute Gasteiger partial charge is 0.0132 e. The average molecular weight is 242 g/mol. The summed E-state index contributed by atoms with van der Waals surface area (Å²) in [7, 11) is 0. The lowest BCUT2D eigenvalue weighted by Gasteiger charge is -2.21. The molecule has 0 heterocycles. The summed E-state index contributed by atoms with van der Waals surface area (Å²) in [6.07, 6.45) is 6.37. The number of hydrogen-bond acceptors (Lipinski definition) is 0. The minimum Gasteiger partial charge on any atom is -0.0999 e. The van der Waals surface area contributed by atoms with Gasteiger partial charge in [0, 0.05) is 0 Å². The van der Waals surface area contributed by atoms with Crippen LogP contribution >= 0.6 is 0 Å². The van der Waals surface area contributed by atoms with E-state index >= 15 is 0 Å². The average Bonchev–Trinajstić information content (AvgIpc) is 2.53. The molecule has 0 N–H and O–H groups in total. The molecule has 2 rings (SSSR count). The fraction of sp³-hybridized carbons (Fsp3) is 0.556. The fourth-order valence-electron chi connectivity index (χ4n) is 2.83. The first-order valence-electron chi connectivity index (χ1n) is 7.24. The van der Waals surface area contributed by atoms with Gasteiger partial charge in [0.1, 0.15) is 0 Å². The summed E-state index contributed by atoms with van der Waals surface area (Å²) < 4.78 is 0. The van der Waals surface area contributed by atoms with E-state index in [0.717, 1.165) is 5.92 Å². The third-order valence-corrected chi connectivity index (χ3v) is 4.18. The van der Waals surface area contributed by atoms with Crippen LogP contribution in [-0.2, 0) is 5.41 Å². The molecule has 1 aliphatic carbocycles. The second kappa shape index (κ2) is 5.30. The van der Waals surface area contributed by atoms with Gasteiger partial charge in [0.15, 0.2) is 0 Å². The van der Waals surface area contributed by atoms with Gasteiger partial charge in [-0.25, -0.2) is 0 Å². The maximum absolute atomic E-state index is 4.15. The number of allylic oxidation sites excluding steroid dienone is 1. The van der Waals surface area contributed by atoms with Crippen molar-refractivity contribution in [1.29, 1.82) is 0 Å². The van der Waals surface area contributed by atoms with Crippen LogP contribution in [0.2, 0.25) is 0 Å². The Kier molecular flexibility index (Phi) is 3.94. The van der Waals surface area contributed by atoms with Gasteiger partial charge >= 0.3 is 0 Å². The van der Waals surface area contributed by atoms with Crippen molar-refractivity contribution in [2.24, 2.45) is 0 Å². The largest absolute Gasteiger partial charge is 0.0999 e. The van der Waals surface area contributed by atoms with Gasteiger partial charge < -0.3 is 0 Å². The zero-order valence-corrected chi connectivity index (χ0v) is 12.1. The van der Waals surface area contributed by atoms with Gasteiger partial charge in [0.05, 0.1) is 0 Å². The summed E-state index contributed by atoms with van der Waals surface area (Å²) in [6.45, 7) is 11.0. The Morgan fingerprint density at radius 1 is 1.00 bits per heavy atom. The second-order valence-corrected chi connectivity index (χ2v) is 6.75. The molecule has 0 bridgehead atoms. The molecular weight excluding hydrogens is 216 g/mol. The molecule has 0 spiro atoms. The Morgan fingerprint density at radius 2 is 1.67 bits per heavy atom. The molecule has 0 unspecified atom stereocenters. The predicted molar refractivity (Wildman–Crippen MR) is 80.1 cm³/mol. The van der Waals surface area contributed by atoms with Gasteiger partial charge in [-0.15, -0.1) is 0 Å². The number of benzene rings is 1. The minimum absolute atomic E-state index is 0.260. The standard InChI is InChI=1S/C18H26/c1-14-6-5-7-15(9-8-14)16-10-12-17(13-11-16)18(2,3)4/h10-13,15H,1,5-9H2,2-4H3/t15-/m1/s1. The van der Waals surface area contributed by atoms with Gasteiger partial charge in [-0.2, -0.15) is 0 Å². The molecule has 1 atom stereocenters. The molecule has 0 radical (unpaired) electrons. The van der Waals surface area contributed by atoms with Crippen LogP contribution in [0.4, 0.5) is 0 Å². The van der Waals surface area contributed by atoms with Crippen LogP contribution in [0.25, 0.3) is 0 Å². The van der Waals surface area contributed by atoms with E-state index in [1.165, 1.54) is 48.8 Å². The van der Waals surface area contributed by atoms with Crippen molar-refractivity contribution in [3.63, 3.8) is 0 Å². The molecule has 0 aliphatic heterocycles. The van der Waals surface area contributed by atoms with Crippen LogP contribution in [0.5, 0.6) is 0 Å². The van der Waals surface area contributed by atoms with Gasteiger partial charge in [0.25, 0.3) is 0 Å². The van der Waals surface area contributed by atoms with Crippen molar-refractivity contribution >= 4 is 0 Å². The van der Waals surface area contributed by atoms with Crippen LogP contribution in [-0.4, -0.2) is 0 Å². The van der Waals surface area contributed by atoms with E-state index in [0.29, 0.717) is 0 Å². The highest BCUT2D eigenvalue weighted by atomic mass is 14.2. The van der Waals surface area contributed by atoms with Crippen molar-refractivity contribution < 1.29 is 0 Å². The van der Waals surface area contributed by atoms with E-state index in [1.54, 1.807) is 0 Å². The molecule has 18 heavy (non-hydrogen) atoms. The van der Waals surface area contributed by atoms with Gasteiger partial charge in [-0.05, 0) is 54.6 Å². The summed E-state index contributed by atoms with van der Waals surface area (Å²) in [5.41, 5.74) is 4.67. The van der Waals surface area contributed by atoms with E-state index < -0.39 is 0 Å². The molecule has 0 nitrogen and oxygen atoms in total. The second-order valence-electron chi connectivity index (χ2n) is 6.75. The lowest BCUT2D eigenvalue weighted by atomic mass is 9.84. The highest BCUT2D eigenvalue weighted by Gasteiger charge is 2.17. The summed E-state index contributed by atoms with van der Waals surface area (Å²) in [6, 6.07) is 9.32. The topological polar surface area (TPSA) is 0 Å². The van der Waals surface area contributed by atoms with Crippen molar-refractivity contribution in [2.75, 3.05) is 0 Å².